The Kier molecular flexibility index (Phi) is 4.71. The zero-order valence-electron chi connectivity index (χ0n) is 14.5. The monoisotopic (exact) mass is 389 g/mol. The molecule has 0 bridgehead atoms. The molecule has 1 fully saturated rings. The number of hydrogen-bond donors (Lipinski definition) is 1. The Morgan fingerprint density at radius 1 is 1.35 bits per heavy atom. The number of halogens is 1. The maximum Gasteiger partial charge on any atom is 0.231 e. The van der Waals surface area contributed by atoms with Crippen molar-refractivity contribution in [3.8, 4) is 0 Å². The molecule has 0 unspecified atom stereocenters. The average molecular weight is 390 g/mol. The summed E-state index contributed by atoms with van der Waals surface area (Å²) in [5.41, 5.74) is 2.82. The molecule has 0 spiro atoms. The number of anilines is 2. The van der Waals surface area contributed by atoms with Crippen LogP contribution in [0, 0.1) is 12.8 Å². The number of benzene rings is 1. The molecular formula is C19H20ClN3O2S. The Bertz CT molecular complexity index is 856. The fourth-order valence-corrected chi connectivity index (χ4v) is 4.72. The molecule has 1 aromatic heterocycles. The molecule has 26 heavy (non-hydrogen) atoms. The molecule has 1 aromatic carbocycles. The van der Waals surface area contributed by atoms with Crippen LogP contribution < -0.4 is 10.2 Å². The number of carbonyl (C=O) groups is 2. The van der Waals surface area contributed by atoms with Crippen LogP contribution in [-0.2, 0) is 22.4 Å². The second kappa shape index (κ2) is 7.00. The highest BCUT2D eigenvalue weighted by Gasteiger charge is 2.35. The highest BCUT2D eigenvalue weighted by Crippen LogP contribution is 2.32. The summed E-state index contributed by atoms with van der Waals surface area (Å²) in [5, 5.41) is 4.20. The molecule has 2 heterocycles. The molecule has 1 saturated heterocycles. The summed E-state index contributed by atoms with van der Waals surface area (Å²) in [5.74, 6) is -0.558. The van der Waals surface area contributed by atoms with Gasteiger partial charge in [-0.3, -0.25) is 9.59 Å². The third-order valence-electron chi connectivity index (χ3n) is 5.04. The van der Waals surface area contributed by atoms with Gasteiger partial charge in [-0.15, -0.1) is 11.3 Å². The Hall–Kier alpha value is -1.92. The summed E-state index contributed by atoms with van der Waals surface area (Å²) >= 11 is 7.74. The van der Waals surface area contributed by atoms with Crippen molar-refractivity contribution in [3.05, 3.63) is 39.4 Å². The van der Waals surface area contributed by atoms with Crippen LogP contribution in [0.4, 0.5) is 10.8 Å². The number of thiazole rings is 1. The number of aromatic nitrogens is 1. The van der Waals surface area contributed by atoms with Gasteiger partial charge in [0.15, 0.2) is 5.13 Å². The van der Waals surface area contributed by atoms with Gasteiger partial charge in [0.2, 0.25) is 11.8 Å². The maximum absolute atomic E-state index is 12.6. The molecule has 0 saturated carbocycles. The minimum absolute atomic E-state index is 0.0523. The zero-order chi connectivity index (χ0) is 18.3. The van der Waals surface area contributed by atoms with Crippen molar-refractivity contribution in [1.29, 1.82) is 0 Å². The fourth-order valence-electron chi connectivity index (χ4n) is 3.50. The van der Waals surface area contributed by atoms with Gasteiger partial charge in [-0.2, -0.15) is 0 Å². The summed E-state index contributed by atoms with van der Waals surface area (Å²) in [7, 11) is 0. The van der Waals surface area contributed by atoms with Gasteiger partial charge in [0.05, 0.1) is 11.6 Å². The first kappa shape index (κ1) is 17.5. The van der Waals surface area contributed by atoms with Crippen LogP contribution in [-0.4, -0.2) is 23.3 Å². The topological polar surface area (TPSA) is 62.3 Å². The van der Waals surface area contributed by atoms with E-state index in [9.17, 15) is 9.59 Å². The van der Waals surface area contributed by atoms with Gasteiger partial charge in [0, 0.05) is 28.6 Å². The average Bonchev–Trinajstić information content (AvgIpc) is 3.20. The lowest BCUT2D eigenvalue weighted by molar-refractivity contribution is -0.122. The first-order valence-corrected chi connectivity index (χ1v) is 10.1. The van der Waals surface area contributed by atoms with Crippen LogP contribution >= 0.6 is 22.9 Å². The van der Waals surface area contributed by atoms with Crippen molar-refractivity contribution in [2.24, 2.45) is 5.92 Å². The number of amides is 2. The van der Waals surface area contributed by atoms with E-state index in [1.807, 2.05) is 19.1 Å². The van der Waals surface area contributed by atoms with E-state index in [1.165, 1.54) is 11.3 Å². The Morgan fingerprint density at radius 2 is 2.15 bits per heavy atom. The summed E-state index contributed by atoms with van der Waals surface area (Å²) in [6.07, 6.45) is 4.60. The molecule has 0 radical (unpaired) electrons. The van der Waals surface area contributed by atoms with E-state index in [-0.39, 0.29) is 24.2 Å². The van der Waals surface area contributed by atoms with Crippen molar-refractivity contribution in [1.82, 2.24) is 4.98 Å². The number of rotatable bonds is 3. The molecule has 4 rings (SSSR count). The lowest BCUT2D eigenvalue weighted by Gasteiger charge is -2.17. The molecular weight excluding hydrogens is 370 g/mol. The van der Waals surface area contributed by atoms with Crippen molar-refractivity contribution in [3.63, 3.8) is 0 Å². The Morgan fingerprint density at radius 3 is 2.92 bits per heavy atom. The van der Waals surface area contributed by atoms with Crippen LogP contribution in [0.2, 0.25) is 5.02 Å². The highest BCUT2D eigenvalue weighted by atomic mass is 35.5. The fraction of sp³-hybridized carbons (Fsp3) is 0.421. The zero-order valence-corrected chi connectivity index (χ0v) is 16.1. The van der Waals surface area contributed by atoms with Gasteiger partial charge in [0.1, 0.15) is 0 Å². The summed E-state index contributed by atoms with van der Waals surface area (Å²) in [4.78, 5) is 32.5. The SMILES string of the molecule is Cc1ccc(N2C[C@@H](C(=O)Nc3nc4c(s3)CCCC4)CC2=O)cc1Cl. The number of nitrogens with one attached hydrogen (secondary N) is 1. The highest BCUT2D eigenvalue weighted by molar-refractivity contribution is 7.15. The first-order chi connectivity index (χ1) is 12.5. The van der Waals surface area contributed by atoms with E-state index >= 15 is 0 Å². The smallest absolute Gasteiger partial charge is 0.231 e. The lowest BCUT2D eigenvalue weighted by atomic mass is 10.0. The van der Waals surface area contributed by atoms with E-state index in [0.717, 1.165) is 36.2 Å². The molecule has 2 aliphatic rings. The van der Waals surface area contributed by atoms with E-state index in [0.29, 0.717) is 16.7 Å². The lowest BCUT2D eigenvalue weighted by Crippen LogP contribution is -2.28. The van der Waals surface area contributed by atoms with Crippen LogP contribution in [0.25, 0.3) is 0 Å². The van der Waals surface area contributed by atoms with Crippen LogP contribution in [0.5, 0.6) is 0 Å². The van der Waals surface area contributed by atoms with Gasteiger partial charge >= 0.3 is 0 Å². The quantitative estimate of drug-likeness (QED) is 0.863. The number of nitrogens with zero attached hydrogens (tertiary/aromatic N) is 2. The largest absolute Gasteiger partial charge is 0.312 e. The van der Waals surface area contributed by atoms with E-state index < -0.39 is 0 Å². The van der Waals surface area contributed by atoms with Gasteiger partial charge < -0.3 is 10.2 Å². The molecule has 1 N–H and O–H groups in total. The molecule has 7 heteroatoms. The molecule has 1 aliphatic carbocycles. The van der Waals surface area contributed by atoms with Gasteiger partial charge in [-0.1, -0.05) is 17.7 Å². The van der Waals surface area contributed by atoms with Crippen molar-refractivity contribution >= 4 is 45.6 Å². The van der Waals surface area contributed by atoms with E-state index in [4.69, 9.17) is 11.6 Å². The second-order valence-electron chi connectivity index (χ2n) is 6.92. The minimum atomic E-state index is -0.372. The molecule has 5 nitrogen and oxygen atoms in total. The molecule has 136 valence electrons. The number of carbonyl (C=O) groups excluding carboxylic acids is 2. The van der Waals surface area contributed by atoms with Crippen molar-refractivity contribution in [2.75, 3.05) is 16.8 Å². The van der Waals surface area contributed by atoms with Gasteiger partial charge in [-0.05, 0) is 50.3 Å². The van der Waals surface area contributed by atoms with Crippen LogP contribution in [0.1, 0.15) is 35.4 Å². The van der Waals surface area contributed by atoms with Crippen LogP contribution in [0.3, 0.4) is 0 Å². The van der Waals surface area contributed by atoms with E-state index in [2.05, 4.69) is 10.3 Å². The summed E-state index contributed by atoms with van der Waals surface area (Å²) < 4.78 is 0. The molecule has 2 amide bonds. The van der Waals surface area contributed by atoms with Crippen molar-refractivity contribution < 1.29 is 9.59 Å². The molecule has 1 atom stereocenters. The number of fused-ring (bicyclic) bond motifs is 1. The normalized spacial score (nSPS) is 19.5. The first-order valence-electron chi connectivity index (χ1n) is 8.87. The molecule has 2 aromatic rings. The maximum atomic E-state index is 12.6. The van der Waals surface area contributed by atoms with Gasteiger partial charge in [0.25, 0.3) is 0 Å². The summed E-state index contributed by atoms with van der Waals surface area (Å²) in [6, 6.07) is 5.54. The second-order valence-corrected chi connectivity index (χ2v) is 8.41. The molecule has 1 aliphatic heterocycles. The number of hydrogen-bond acceptors (Lipinski definition) is 4. The number of aryl methyl sites for hydroxylation is 3. The summed E-state index contributed by atoms with van der Waals surface area (Å²) in [6.45, 7) is 2.29. The Labute approximate surface area is 161 Å². The van der Waals surface area contributed by atoms with Crippen LogP contribution in [0.15, 0.2) is 18.2 Å². The van der Waals surface area contributed by atoms with Gasteiger partial charge in [-0.25, -0.2) is 4.98 Å². The standard InChI is InChI=1S/C19H20ClN3O2S/c1-11-6-7-13(9-14(11)20)23-10-12(8-17(23)24)18(25)22-19-21-15-4-2-3-5-16(15)26-19/h6-7,9,12H,2-5,8,10H2,1H3,(H,21,22,25)/t12-/m0/s1. The predicted molar refractivity (Wildman–Crippen MR) is 104 cm³/mol. The van der Waals surface area contributed by atoms with Crippen molar-refractivity contribution in [2.45, 2.75) is 39.0 Å². The third-order valence-corrected chi connectivity index (χ3v) is 6.52. The minimum Gasteiger partial charge on any atom is -0.312 e. The third kappa shape index (κ3) is 3.35. The Balaban J connectivity index is 1.45. The predicted octanol–water partition coefficient (Wildman–Crippen LogP) is 3.98. The van der Waals surface area contributed by atoms with E-state index in [1.54, 1.807) is 22.3 Å².